The molecule has 0 radical (unpaired) electrons. The van der Waals surface area contributed by atoms with E-state index >= 15 is 0 Å². The van der Waals surface area contributed by atoms with E-state index in [0.29, 0.717) is 39.7 Å². The number of likely N-dealkylation sites (N-methyl/N-ethyl adjacent to an activating group) is 1. The van der Waals surface area contributed by atoms with Gasteiger partial charge < -0.3 is 19.4 Å². The maximum Gasteiger partial charge on any atom is 0.416 e. The van der Waals surface area contributed by atoms with Gasteiger partial charge in [0.1, 0.15) is 17.5 Å². The number of nitrogens with one attached hydrogen (secondary N) is 1. The van der Waals surface area contributed by atoms with Crippen LogP contribution in [0.3, 0.4) is 0 Å². The van der Waals surface area contributed by atoms with Crippen LogP contribution in [0.2, 0.25) is 10.0 Å². The van der Waals surface area contributed by atoms with Crippen LogP contribution >= 0.6 is 34.5 Å². The molecule has 7 rings (SSSR count). The predicted octanol–water partition coefficient (Wildman–Crippen LogP) is 7.62. The highest BCUT2D eigenvalue weighted by Crippen LogP contribution is 2.40. The van der Waals surface area contributed by atoms with Crippen molar-refractivity contribution in [2.75, 3.05) is 39.8 Å². The molecule has 4 heterocycles. The molecular formula is C33H31Cl2N5O3S. The quantitative estimate of drug-likeness (QED) is 0.204. The second-order valence-corrected chi connectivity index (χ2v) is 13.2. The molecule has 1 atom stereocenters. The fourth-order valence-electron chi connectivity index (χ4n) is 5.92. The van der Waals surface area contributed by atoms with Crippen LogP contribution < -0.4 is 9.47 Å². The van der Waals surface area contributed by atoms with Gasteiger partial charge in [-0.05, 0) is 79.2 Å². The Morgan fingerprint density at radius 3 is 2.45 bits per heavy atom. The van der Waals surface area contributed by atoms with E-state index < -0.39 is 12.1 Å². The van der Waals surface area contributed by atoms with Gasteiger partial charge in [0.2, 0.25) is 0 Å². The van der Waals surface area contributed by atoms with Crippen molar-refractivity contribution < 1.29 is 14.3 Å². The van der Waals surface area contributed by atoms with Gasteiger partial charge in [-0.15, -0.1) is 0 Å². The number of halogens is 2. The van der Waals surface area contributed by atoms with Crippen LogP contribution in [0.5, 0.6) is 16.7 Å². The van der Waals surface area contributed by atoms with E-state index in [1.807, 2.05) is 48.7 Å². The third-order valence-corrected chi connectivity index (χ3v) is 9.60. The van der Waals surface area contributed by atoms with Gasteiger partial charge in [0.25, 0.3) is 5.19 Å². The lowest BCUT2D eigenvalue weighted by atomic mass is 9.92. The van der Waals surface area contributed by atoms with Gasteiger partial charge in [-0.25, -0.2) is 9.78 Å². The Kier molecular flexibility index (Phi) is 8.22. The zero-order valence-corrected chi connectivity index (χ0v) is 26.5. The van der Waals surface area contributed by atoms with Crippen LogP contribution in [0.15, 0.2) is 72.9 Å². The molecule has 44 heavy (non-hydrogen) atoms. The molecule has 1 fully saturated rings. The monoisotopic (exact) mass is 647 g/mol. The predicted molar refractivity (Wildman–Crippen MR) is 174 cm³/mol. The van der Waals surface area contributed by atoms with Gasteiger partial charge in [0.15, 0.2) is 0 Å². The van der Waals surface area contributed by atoms with Crippen molar-refractivity contribution in [3.8, 4) is 16.7 Å². The summed E-state index contributed by atoms with van der Waals surface area (Å²) in [4.78, 5) is 29.4. The van der Waals surface area contributed by atoms with Crippen molar-refractivity contribution in [3.63, 3.8) is 0 Å². The minimum atomic E-state index is -0.435. The summed E-state index contributed by atoms with van der Waals surface area (Å²) in [5.74, 6) is 1.12. The third-order valence-electron chi connectivity index (χ3n) is 8.25. The Balaban J connectivity index is 1.13. The molecule has 3 aromatic carbocycles. The molecule has 0 saturated carbocycles. The fraction of sp³-hybridized carbons (Fsp3) is 0.273. The molecule has 1 N–H and O–H groups in total. The number of aromatic nitrogens is 2. The SMILES string of the molecule is CN1CCN(Cc2cnc(Oc3ccc(C4c5[nH]c6ccc(Cl)cc6c5CCN4C(=O)Oc4ccc(Cl)cc4)cc3)s2)CC1. The standard InChI is InChI=1S/C33H31Cl2N5O3S/c1-38-14-16-39(17-15-38)20-26-19-36-32(44-26)42-24-7-2-21(3-8-24)31-30-27(28-18-23(35)6-11-29(28)37-30)12-13-40(31)33(41)43-25-9-4-22(34)5-10-25/h2-11,18-19,31,37H,12-17,20H2,1H3. The summed E-state index contributed by atoms with van der Waals surface area (Å²) in [7, 11) is 2.16. The van der Waals surface area contributed by atoms with Crippen molar-refractivity contribution >= 4 is 51.5 Å². The van der Waals surface area contributed by atoms with Crippen molar-refractivity contribution in [2.45, 2.75) is 19.0 Å². The summed E-state index contributed by atoms with van der Waals surface area (Å²) in [6, 6.07) is 20.1. The summed E-state index contributed by atoms with van der Waals surface area (Å²) >= 11 is 14.0. The minimum absolute atomic E-state index is 0.395. The lowest BCUT2D eigenvalue weighted by Crippen LogP contribution is -2.43. The lowest BCUT2D eigenvalue weighted by molar-refractivity contribution is 0.135. The number of rotatable bonds is 6. The average Bonchev–Trinajstić information content (AvgIpc) is 3.63. The average molecular weight is 649 g/mol. The number of H-pyrrole nitrogens is 1. The van der Waals surface area contributed by atoms with Gasteiger partial charge >= 0.3 is 6.09 Å². The number of carbonyl (C=O) groups excluding carboxylic acids is 1. The Labute approximate surface area is 269 Å². The van der Waals surface area contributed by atoms with E-state index in [1.165, 1.54) is 4.88 Å². The van der Waals surface area contributed by atoms with Crippen molar-refractivity contribution in [1.82, 2.24) is 24.7 Å². The van der Waals surface area contributed by atoms with Crippen LogP contribution in [0.1, 0.15) is 27.7 Å². The first-order valence-electron chi connectivity index (χ1n) is 14.6. The molecule has 0 bridgehead atoms. The summed E-state index contributed by atoms with van der Waals surface area (Å²) < 4.78 is 11.9. The molecule has 0 aliphatic carbocycles. The van der Waals surface area contributed by atoms with E-state index in [0.717, 1.165) is 60.4 Å². The van der Waals surface area contributed by atoms with Gasteiger partial charge in [-0.1, -0.05) is 46.7 Å². The molecule has 1 saturated heterocycles. The van der Waals surface area contributed by atoms with E-state index in [-0.39, 0.29) is 0 Å². The van der Waals surface area contributed by atoms with Crippen molar-refractivity contribution in [2.24, 2.45) is 0 Å². The number of hydrogen-bond donors (Lipinski definition) is 1. The maximum atomic E-state index is 13.6. The Morgan fingerprint density at radius 1 is 0.955 bits per heavy atom. The molecular weight excluding hydrogens is 617 g/mol. The normalized spacial score (nSPS) is 17.5. The van der Waals surface area contributed by atoms with Crippen LogP contribution in [0, 0.1) is 0 Å². The number of ether oxygens (including phenoxy) is 2. The van der Waals surface area contributed by atoms with E-state index in [4.69, 9.17) is 32.7 Å². The highest BCUT2D eigenvalue weighted by atomic mass is 35.5. The van der Waals surface area contributed by atoms with Crippen LogP contribution in [-0.4, -0.2) is 70.5 Å². The van der Waals surface area contributed by atoms with Gasteiger partial charge in [-0.2, -0.15) is 0 Å². The van der Waals surface area contributed by atoms with E-state index in [9.17, 15) is 4.79 Å². The number of benzene rings is 3. The van der Waals surface area contributed by atoms with Crippen LogP contribution in [0.25, 0.3) is 10.9 Å². The number of fused-ring (bicyclic) bond motifs is 3. The number of hydrogen-bond acceptors (Lipinski definition) is 7. The zero-order chi connectivity index (χ0) is 30.2. The zero-order valence-electron chi connectivity index (χ0n) is 24.1. The second-order valence-electron chi connectivity index (χ2n) is 11.2. The Bertz CT molecular complexity index is 1780. The lowest BCUT2D eigenvalue weighted by Gasteiger charge is -2.35. The summed E-state index contributed by atoms with van der Waals surface area (Å²) in [6.45, 7) is 5.65. The number of nitrogens with zero attached hydrogens (tertiary/aromatic N) is 4. The first-order valence-corrected chi connectivity index (χ1v) is 16.1. The van der Waals surface area contributed by atoms with E-state index in [2.05, 4.69) is 26.8 Å². The first-order chi connectivity index (χ1) is 21.4. The minimum Gasteiger partial charge on any atom is -0.431 e. The van der Waals surface area contributed by atoms with E-state index in [1.54, 1.807) is 40.5 Å². The highest BCUT2D eigenvalue weighted by molar-refractivity contribution is 7.13. The van der Waals surface area contributed by atoms with Crippen LogP contribution in [0.4, 0.5) is 4.79 Å². The van der Waals surface area contributed by atoms with Crippen molar-refractivity contribution in [1.29, 1.82) is 0 Å². The smallest absolute Gasteiger partial charge is 0.416 e. The molecule has 0 spiro atoms. The highest BCUT2D eigenvalue weighted by Gasteiger charge is 2.36. The number of carbonyl (C=O) groups is 1. The molecule has 2 aliphatic rings. The van der Waals surface area contributed by atoms with Gasteiger partial charge in [0, 0.05) is 77.0 Å². The molecule has 8 nitrogen and oxygen atoms in total. The van der Waals surface area contributed by atoms with Crippen molar-refractivity contribution in [3.05, 3.63) is 105 Å². The van der Waals surface area contributed by atoms with Gasteiger partial charge in [0.05, 0.1) is 0 Å². The topological polar surface area (TPSA) is 73.9 Å². The molecule has 2 aliphatic heterocycles. The second kappa shape index (κ2) is 12.4. The summed E-state index contributed by atoms with van der Waals surface area (Å²) in [6.07, 6.45) is 2.14. The molecule has 226 valence electrons. The molecule has 1 amide bonds. The summed E-state index contributed by atoms with van der Waals surface area (Å²) in [5, 5.41) is 2.94. The maximum absolute atomic E-state index is 13.6. The van der Waals surface area contributed by atoms with Gasteiger partial charge in [-0.3, -0.25) is 9.80 Å². The number of piperazine rings is 1. The number of thiazole rings is 1. The fourth-order valence-corrected chi connectivity index (χ4v) is 7.04. The third kappa shape index (κ3) is 6.16. The molecule has 5 aromatic rings. The molecule has 1 unspecified atom stereocenters. The number of aromatic amines is 1. The largest absolute Gasteiger partial charge is 0.431 e. The molecule has 11 heteroatoms. The first kappa shape index (κ1) is 29.1. The Hall–Kier alpha value is -3.60. The molecule has 2 aromatic heterocycles. The Morgan fingerprint density at radius 2 is 1.68 bits per heavy atom. The van der Waals surface area contributed by atoms with Crippen LogP contribution in [-0.2, 0) is 13.0 Å². The number of amides is 1. The summed E-state index contributed by atoms with van der Waals surface area (Å²) in [5.41, 5.74) is 4.01.